The van der Waals surface area contributed by atoms with Gasteiger partial charge in [0.1, 0.15) is 6.04 Å². The summed E-state index contributed by atoms with van der Waals surface area (Å²) in [5, 5.41) is 6.22. The minimum absolute atomic E-state index is 0.107. The minimum Gasteiger partial charge on any atom is -0.351 e. The predicted molar refractivity (Wildman–Crippen MR) is 66.1 cm³/mol. The third-order valence-corrected chi connectivity index (χ3v) is 2.64. The molecule has 0 aliphatic rings. The van der Waals surface area contributed by atoms with Gasteiger partial charge in [-0.2, -0.15) is 0 Å². The summed E-state index contributed by atoms with van der Waals surface area (Å²) in [7, 11) is 0. The molecular weight excluding hydrogens is 234 g/mol. The zero-order chi connectivity index (χ0) is 13.7. The molecule has 1 heterocycles. The standard InChI is InChI=1S/C12H19N3O3/c1-5-15(6-2)12(17)9(4)13-11(16)10-7-8(3)14-18-10/h7,9H,5-6H2,1-4H3,(H,13,16)/t9-/m0/s1. The minimum atomic E-state index is -0.581. The smallest absolute Gasteiger partial charge is 0.290 e. The summed E-state index contributed by atoms with van der Waals surface area (Å²) in [6.07, 6.45) is 0. The fourth-order valence-electron chi connectivity index (χ4n) is 1.61. The van der Waals surface area contributed by atoms with Crippen LogP contribution in [0.2, 0.25) is 0 Å². The van der Waals surface area contributed by atoms with Crippen LogP contribution in [0.1, 0.15) is 37.0 Å². The lowest BCUT2D eigenvalue weighted by Gasteiger charge is -2.23. The van der Waals surface area contributed by atoms with Crippen molar-refractivity contribution >= 4 is 11.8 Å². The molecule has 0 spiro atoms. The molecule has 0 radical (unpaired) electrons. The molecule has 2 amide bonds. The van der Waals surface area contributed by atoms with Gasteiger partial charge in [0, 0.05) is 19.2 Å². The van der Waals surface area contributed by atoms with E-state index in [-0.39, 0.29) is 11.7 Å². The van der Waals surface area contributed by atoms with Gasteiger partial charge in [-0.1, -0.05) is 5.16 Å². The molecule has 1 N–H and O–H groups in total. The number of nitrogens with one attached hydrogen (secondary N) is 1. The Labute approximate surface area is 106 Å². The van der Waals surface area contributed by atoms with Crippen molar-refractivity contribution in [1.82, 2.24) is 15.4 Å². The van der Waals surface area contributed by atoms with Gasteiger partial charge >= 0.3 is 0 Å². The van der Waals surface area contributed by atoms with Gasteiger partial charge < -0.3 is 14.7 Å². The quantitative estimate of drug-likeness (QED) is 0.848. The summed E-state index contributed by atoms with van der Waals surface area (Å²) >= 11 is 0. The highest BCUT2D eigenvalue weighted by Crippen LogP contribution is 2.03. The van der Waals surface area contributed by atoms with Crippen LogP contribution < -0.4 is 5.32 Å². The topological polar surface area (TPSA) is 75.4 Å². The molecule has 1 aromatic rings. The van der Waals surface area contributed by atoms with Crippen molar-refractivity contribution in [3.8, 4) is 0 Å². The van der Waals surface area contributed by atoms with Crippen molar-refractivity contribution in [1.29, 1.82) is 0 Å². The molecule has 1 atom stereocenters. The average molecular weight is 253 g/mol. The largest absolute Gasteiger partial charge is 0.351 e. The van der Waals surface area contributed by atoms with Gasteiger partial charge in [-0.3, -0.25) is 9.59 Å². The van der Waals surface area contributed by atoms with Gasteiger partial charge in [0.15, 0.2) is 0 Å². The highest BCUT2D eigenvalue weighted by Gasteiger charge is 2.22. The molecule has 0 fully saturated rings. The average Bonchev–Trinajstić information content (AvgIpc) is 2.77. The van der Waals surface area contributed by atoms with Crippen LogP contribution in [0.15, 0.2) is 10.6 Å². The Kier molecular flexibility index (Phi) is 4.88. The van der Waals surface area contributed by atoms with E-state index in [0.717, 1.165) is 0 Å². The van der Waals surface area contributed by atoms with Crippen molar-refractivity contribution in [2.45, 2.75) is 33.7 Å². The Morgan fingerprint density at radius 1 is 1.44 bits per heavy atom. The zero-order valence-corrected chi connectivity index (χ0v) is 11.2. The number of aromatic nitrogens is 1. The SMILES string of the molecule is CCN(CC)C(=O)[C@H](C)NC(=O)c1cc(C)no1. The number of hydrogen-bond donors (Lipinski definition) is 1. The molecular formula is C12H19N3O3. The van der Waals surface area contributed by atoms with Gasteiger partial charge in [-0.15, -0.1) is 0 Å². The first kappa shape index (κ1) is 14.2. The van der Waals surface area contributed by atoms with Crippen LogP contribution in [0.25, 0.3) is 0 Å². The molecule has 0 aliphatic carbocycles. The molecule has 0 saturated carbocycles. The molecule has 0 bridgehead atoms. The number of carbonyl (C=O) groups is 2. The van der Waals surface area contributed by atoms with E-state index >= 15 is 0 Å². The molecule has 0 unspecified atom stereocenters. The maximum Gasteiger partial charge on any atom is 0.290 e. The van der Waals surface area contributed by atoms with Crippen LogP contribution in [-0.2, 0) is 4.79 Å². The van der Waals surface area contributed by atoms with Crippen LogP contribution in [0, 0.1) is 6.92 Å². The summed E-state index contributed by atoms with van der Waals surface area (Å²) in [6, 6.07) is 0.951. The number of amides is 2. The van der Waals surface area contributed by atoms with Crippen LogP contribution in [0.4, 0.5) is 0 Å². The van der Waals surface area contributed by atoms with Crippen molar-refractivity contribution in [3.05, 3.63) is 17.5 Å². The Balaban J connectivity index is 2.62. The van der Waals surface area contributed by atoms with Crippen LogP contribution in [-0.4, -0.2) is 41.0 Å². The number of carbonyl (C=O) groups excluding carboxylic acids is 2. The van der Waals surface area contributed by atoms with Crippen molar-refractivity contribution in [2.24, 2.45) is 0 Å². The molecule has 0 saturated heterocycles. The molecule has 6 heteroatoms. The van der Waals surface area contributed by atoms with E-state index in [9.17, 15) is 9.59 Å². The summed E-state index contributed by atoms with van der Waals surface area (Å²) < 4.78 is 4.83. The number of hydrogen-bond acceptors (Lipinski definition) is 4. The fraction of sp³-hybridized carbons (Fsp3) is 0.583. The van der Waals surface area contributed by atoms with E-state index in [4.69, 9.17) is 4.52 Å². The third kappa shape index (κ3) is 3.32. The number of nitrogens with zero attached hydrogens (tertiary/aromatic N) is 2. The van der Waals surface area contributed by atoms with Crippen molar-refractivity contribution < 1.29 is 14.1 Å². The second kappa shape index (κ2) is 6.18. The molecule has 1 rings (SSSR count). The number of likely N-dealkylation sites (N-methyl/N-ethyl adjacent to an activating group) is 1. The van der Waals surface area contributed by atoms with Gasteiger partial charge in [0.25, 0.3) is 5.91 Å². The first-order valence-electron chi connectivity index (χ1n) is 6.02. The normalized spacial score (nSPS) is 12.0. The van der Waals surface area contributed by atoms with Gasteiger partial charge in [-0.05, 0) is 27.7 Å². The van der Waals surface area contributed by atoms with Crippen LogP contribution in [0.3, 0.4) is 0 Å². The predicted octanol–water partition coefficient (Wildman–Crippen LogP) is 0.970. The van der Waals surface area contributed by atoms with E-state index in [1.165, 1.54) is 6.07 Å². The Morgan fingerprint density at radius 3 is 2.50 bits per heavy atom. The third-order valence-electron chi connectivity index (χ3n) is 2.64. The number of rotatable bonds is 5. The van der Waals surface area contributed by atoms with Crippen molar-refractivity contribution in [2.75, 3.05) is 13.1 Å². The maximum absolute atomic E-state index is 11.9. The first-order valence-corrected chi connectivity index (χ1v) is 6.02. The summed E-state index contributed by atoms with van der Waals surface area (Å²) in [4.78, 5) is 25.4. The fourth-order valence-corrected chi connectivity index (χ4v) is 1.61. The van der Waals surface area contributed by atoms with Gasteiger partial charge in [0.2, 0.25) is 11.7 Å². The number of aryl methyl sites for hydroxylation is 1. The maximum atomic E-state index is 11.9. The first-order chi connectivity index (χ1) is 8.49. The highest BCUT2D eigenvalue weighted by molar-refractivity contribution is 5.95. The lowest BCUT2D eigenvalue weighted by Crippen LogP contribution is -2.46. The second-order valence-electron chi connectivity index (χ2n) is 4.04. The molecule has 0 aromatic carbocycles. The van der Waals surface area contributed by atoms with E-state index in [1.54, 1.807) is 18.7 Å². The Hall–Kier alpha value is -1.85. The Bertz CT molecular complexity index is 424. The van der Waals surface area contributed by atoms with E-state index in [0.29, 0.717) is 18.8 Å². The van der Waals surface area contributed by atoms with Crippen LogP contribution >= 0.6 is 0 Å². The van der Waals surface area contributed by atoms with E-state index < -0.39 is 11.9 Å². The molecule has 18 heavy (non-hydrogen) atoms. The van der Waals surface area contributed by atoms with E-state index in [2.05, 4.69) is 10.5 Å². The second-order valence-corrected chi connectivity index (χ2v) is 4.04. The van der Waals surface area contributed by atoms with Gasteiger partial charge in [-0.25, -0.2) is 0 Å². The molecule has 100 valence electrons. The van der Waals surface area contributed by atoms with Crippen LogP contribution in [0.5, 0.6) is 0 Å². The lowest BCUT2D eigenvalue weighted by atomic mass is 10.2. The van der Waals surface area contributed by atoms with Crippen molar-refractivity contribution in [3.63, 3.8) is 0 Å². The monoisotopic (exact) mass is 253 g/mol. The summed E-state index contributed by atoms with van der Waals surface area (Å²) in [5.74, 6) is -0.417. The summed E-state index contributed by atoms with van der Waals surface area (Å²) in [6.45, 7) is 8.42. The molecule has 1 aromatic heterocycles. The van der Waals surface area contributed by atoms with Gasteiger partial charge in [0.05, 0.1) is 5.69 Å². The Morgan fingerprint density at radius 2 is 2.06 bits per heavy atom. The highest BCUT2D eigenvalue weighted by atomic mass is 16.5. The summed E-state index contributed by atoms with van der Waals surface area (Å²) in [5.41, 5.74) is 0.628. The molecule has 0 aliphatic heterocycles. The van der Waals surface area contributed by atoms with E-state index in [1.807, 2.05) is 13.8 Å². The zero-order valence-electron chi connectivity index (χ0n) is 11.2. The molecule has 6 nitrogen and oxygen atoms in total. The lowest BCUT2D eigenvalue weighted by molar-refractivity contribution is -0.132.